The van der Waals surface area contributed by atoms with Gasteiger partial charge in [-0.15, -0.1) is 5.10 Å². The van der Waals surface area contributed by atoms with Crippen molar-refractivity contribution in [2.45, 2.75) is 13.8 Å². The molecule has 0 radical (unpaired) electrons. The lowest BCUT2D eigenvalue weighted by Gasteiger charge is -1.98. The Bertz CT molecular complexity index is 777. The predicted octanol–water partition coefficient (Wildman–Crippen LogP) is 2.59. The van der Waals surface area contributed by atoms with E-state index in [1.807, 2.05) is 13.8 Å². The van der Waals surface area contributed by atoms with E-state index in [0.717, 1.165) is 5.76 Å². The van der Waals surface area contributed by atoms with Crippen LogP contribution < -0.4 is 5.32 Å². The summed E-state index contributed by atoms with van der Waals surface area (Å²) in [6.07, 6.45) is 3.07. The molecular weight excluding hydrogens is 272 g/mol. The van der Waals surface area contributed by atoms with Gasteiger partial charge in [-0.25, -0.2) is 0 Å². The van der Waals surface area contributed by atoms with Gasteiger partial charge in [-0.1, -0.05) is 5.10 Å². The van der Waals surface area contributed by atoms with Crippen LogP contribution in [0.5, 0.6) is 0 Å². The third-order valence-electron chi connectivity index (χ3n) is 2.86. The van der Waals surface area contributed by atoms with Crippen LogP contribution in [0.1, 0.15) is 21.9 Å². The quantitative estimate of drug-likeness (QED) is 0.794. The van der Waals surface area contributed by atoms with Gasteiger partial charge in [0.1, 0.15) is 11.5 Å². The number of amides is 1. The fourth-order valence-electron chi connectivity index (χ4n) is 1.90. The van der Waals surface area contributed by atoms with Crippen LogP contribution in [0.25, 0.3) is 11.5 Å². The topological polar surface area (TPSA) is 94.1 Å². The largest absolute Gasteiger partial charge is 0.466 e. The monoisotopic (exact) mass is 284 g/mol. The van der Waals surface area contributed by atoms with E-state index in [0.29, 0.717) is 22.8 Å². The molecule has 3 aromatic rings. The summed E-state index contributed by atoms with van der Waals surface area (Å²) in [7, 11) is 0. The van der Waals surface area contributed by atoms with Crippen LogP contribution in [-0.4, -0.2) is 21.1 Å². The van der Waals surface area contributed by atoms with Crippen molar-refractivity contribution >= 4 is 11.9 Å². The first kappa shape index (κ1) is 13.0. The van der Waals surface area contributed by atoms with Gasteiger partial charge in [0.15, 0.2) is 0 Å². The number of hydrogen-bond acceptors (Lipinski definition) is 6. The number of nitrogens with one attached hydrogen (secondary N) is 1. The summed E-state index contributed by atoms with van der Waals surface area (Å²) in [6.45, 7) is 3.64. The molecule has 3 rings (SSSR count). The second-order valence-electron chi connectivity index (χ2n) is 4.43. The lowest BCUT2D eigenvalue weighted by Crippen LogP contribution is -2.11. The van der Waals surface area contributed by atoms with Gasteiger partial charge in [0.05, 0.1) is 5.56 Å². The average molecular weight is 284 g/mol. The molecule has 1 amide bonds. The molecule has 7 nitrogen and oxygen atoms in total. The van der Waals surface area contributed by atoms with Crippen molar-refractivity contribution in [1.82, 2.24) is 15.2 Å². The molecule has 1 N–H and O–H groups in total. The van der Waals surface area contributed by atoms with Crippen molar-refractivity contribution in [3.05, 3.63) is 47.7 Å². The number of aryl methyl sites for hydroxylation is 2. The Morgan fingerprint density at radius 1 is 1.14 bits per heavy atom. The summed E-state index contributed by atoms with van der Waals surface area (Å²) in [5.41, 5.74) is 1.17. The maximum absolute atomic E-state index is 11.9. The van der Waals surface area contributed by atoms with Crippen molar-refractivity contribution in [1.29, 1.82) is 0 Å². The maximum atomic E-state index is 11.9. The van der Waals surface area contributed by atoms with Crippen LogP contribution >= 0.6 is 0 Å². The van der Waals surface area contributed by atoms with Gasteiger partial charge in [0.2, 0.25) is 0 Å². The summed E-state index contributed by atoms with van der Waals surface area (Å²) in [5, 5.41) is 10.2. The Balaban J connectivity index is 1.80. The maximum Gasteiger partial charge on any atom is 0.322 e. The average Bonchev–Trinajstić information content (AvgIpc) is 3.06. The fraction of sp³-hybridized carbons (Fsp3) is 0.143. The Kier molecular flexibility index (Phi) is 3.23. The molecule has 0 spiro atoms. The second-order valence-corrected chi connectivity index (χ2v) is 4.43. The van der Waals surface area contributed by atoms with Crippen LogP contribution in [0.4, 0.5) is 6.01 Å². The summed E-state index contributed by atoms with van der Waals surface area (Å²) in [6, 6.07) is 5.02. The second kappa shape index (κ2) is 5.20. The van der Waals surface area contributed by atoms with Gasteiger partial charge in [-0.3, -0.25) is 15.1 Å². The number of carbonyl (C=O) groups is 1. The minimum atomic E-state index is -0.340. The standard InChI is InChI=1S/C14H12N4O3/c1-8-7-11(9(2)20-8)13-17-18-14(21-13)16-12(19)10-3-5-15-6-4-10/h3-7H,1-2H3,(H,16,18,19). The van der Waals surface area contributed by atoms with Gasteiger partial charge >= 0.3 is 6.01 Å². The Labute approximate surface area is 120 Å². The lowest BCUT2D eigenvalue weighted by molar-refractivity contribution is 0.102. The molecule has 0 aliphatic carbocycles. The first-order valence-corrected chi connectivity index (χ1v) is 6.26. The van der Waals surface area contributed by atoms with E-state index < -0.39 is 0 Å². The first-order valence-electron chi connectivity index (χ1n) is 6.26. The summed E-state index contributed by atoms with van der Waals surface area (Å²) >= 11 is 0. The summed E-state index contributed by atoms with van der Waals surface area (Å²) in [5.74, 6) is 1.40. The van der Waals surface area contributed by atoms with Gasteiger partial charge in [0.25, 0.3) is 11.8 Å². The number of aromatic nitrogens is 3. The van der Waals surface area contributed by atoms with Crippen molar-refractivity contribution in [3.63, 3.8) is 0 Å². The van der Waals surface area contributed by atoms with Crippen LogP contribution in [-0.2, 0) is 0 Å². The molecule has 0 atom stereocenters. The van der Waals surface area contributed by atoms with E-state index in [1.54, 1.807) is 18.2 Å². The number of rotatable bonds is 3. The lowest BCUT2D eigenvalue weighted by atomic mass is 10.2. The summed E-state index contributed by atoms with van der Waals surface area (Å²) < 4.78 is 10.8. The van der Waals surface area contributed by atoms with Crippen LogP contribution in [0, 0.1) is 13.8 Å². The van der Waals surface area contributed by atoms with Crippen molar-refractivity contribution in [2.75, 3.05) is 5.32 Å². The SMILES string of the molecule is Cc1cc(-c2nnc(NC(=O)c3ccncc3)o2)c(C)o1. The minimum absolute atomic E-state index is 0.0325. The zero-order chi connectivity index (χ0) is 14.8. The highest BCUT2D eigenvalue weighted by Gasteiger charge is 2.16. The Morgan fingerprint density at radius 3 is 2.57 bits per heavy atom. The molecular formula is C14H12N4O3. The third kappa shape index (κ3) is 2.66. The minimum Gasteiger partial charge on any atom is -0.466 e. The molecule has 0 bridgehead atoms. The van der Waals surface area contributed by atoms with Crippen molar-refractivity contribution < 1.29 is 13.6 Å². The molecule has 0 unspecified atom stereocenters. The van der Waals surface area contributed by atoms with Gasteiger partial charge in [0, 0.05) is 18.0 Å². The van der Waals surface area contributed by atoms with Crippen LogP contribution in [0.3, 0.4) is 0 Å². The molecule has 21 heavy (non-hydrogen) atoms. The zero-order valence-corrected chi connectivity index (χ0v) is 11.5. The summed E-state index contributed by atoms with van der Waals surface area (Å²) in [4.78, 5) is 15.8. The van der Waals surface area contributed by atoms with E-state index in [2.05, 4.69) is 20.5 Å². The van der Waals surface area contributed by atoms with E-state index in [1.165, 1.54) is 12.4 Å². The smallest absolute Gasteiger partial charge is 0.322 e. The van der Waals surface area contributed by atoms with E-state index in [-0.39, 0.29) is 11.9 Å². The molecule has 0 aliphatic heterocycles. The zero-order valence-electron chi connectivity index (χ0n) is 11.5. The van der Waals surface area contributed by atoms with Crippen molar-refractivity contribution in [2.24, 2.45) is 0 Å². The molecule has 3 heterocycles. The normalized spacial score (nSPS) is 10.6. The number of nitrogens with zero attached hydrogens (tertiary/aromatic N) is 3. The Morgan fingerprint density at radius 2 is 1.90 bits per heavy atom. The number of hydrogen-bond donors (Lipinski definition) is 1. The molecule has 0 aliphatic rings. The Hall–Kier alpha value is -2.96. The van der Waals surface area contributed by atoms with Crippen LogP contribution in [0.15, 0.2) is 39.4 Å². The third-order valence-corrected chi connectivity index (χ3v) is 2.86. The highest BCUT2D eigenvalue weighted by atomic mass is 16.4. The number of anilines is 1. The van der Waals surface area contributed by atoms with Crippen molar-refractivity contribution in [3.8, 4) is 11.5 Å². The highest BCUT2D eigenvalue weighted by Crippen LogP contribution is 2.26. The van der Waals surface area contributed by atoms with Crippen LogP contribution in [0.2, 0.25) is 0 Å². The number of carbonyl (C=O) groups excluding carboxylic acids is 1. The predicted molar refractivity (Wildman–Crippen MR) is 73.7 cm³/mol. The van der Waals surface area contributed by atoms with E-state index >= 15 is 0 Å². The molecule has 106 valence electrons. The van der Waals surface area contributed by atoms with Gasteiger partial charge < -0.3 is 8.83 Å². The molecule has 3 aromatic heterocycles. The molecule has 0 aromatic carbocycles. The fourth-order valence-corrected chi connectivity index (χ4v) is 1.90. The molecule has 0 saturated heterocycles. The molecule has 0 fully saturated rings. The van der Waals surface area contributed by atoms with Gasteiger partial charge in [-0.05, 0) is 32.0 Å². The number of furan rings is 1. The van der Waals surface area contributed by atoms with E-state index in [9.17, 15) is 4.79 Å². The van der Waals surface area contributed by atoms with E-state index in [4.69, 9.17) is 8.83 Å². The first-order chi connectivity index (χ1) is 10.1. The highest BCUT2D eigenvalue weighted by molar-refractivity contribution is 6.02. The van der Waals surface area contributed by atoms with Gasteiger partial charge in [-0.2, -0.15) is 0 Å². The molecule has 7 heteroatoms. The number of pyridine rings is 1. The molecule has 0 saturated carbocycles.